The van der Waals surface area contributed by atoms with Crippen molar-refractivity contribution in [1.29, 1.82) is 0 Å². The highest BCUT2D eigenvalue weighted by molar-refractivity contribution is 5.75. The Morgan fingerprint density at radius 2 is 1.89 bits per heavy atom. The zero-order valence-corrected chi connectivity index (χ0v) is 21.0. The molecular formula is C30H37N3O2. The summed E-state index contributed by atoms with van der Waals surface area (Å²) in [6.07, 6.45) is 6.55. The molecule has 2 fully saturated rings. The number of aromatic amines is 1. The molecular weight excluding hydrogens is 434 g/mol. The molecule has 0 spiro atoms. The number of para-hydroxylation sites is 2. The second kappa shape index (κ2) is 9.09. The van der Waals surface area contributed by atoms with Gasteiger partial charge in [-0.05, 0) is 67.8 Å². The van der Waals surface area contributed by atoms with Crippen molar-refractivity contribution in [2.24, 2.45) is 5.92 Å². The van der Waals surface area contributed by atoms with E-state index in [1.165, 1.54) is 30.4 Å². The molecule has 3 aliphatic carbocycles. The average molecular weight is 472 g/mol. The quantitative estimate of drug-likeness (QED) is 0.439. The van der Waals surface area contributed by atoms with Gasteiger partial charge >= 0.3 is 5.97 Å². The minimum atomic E-state index is -0.384. The molecule has 2 aromatic carbocycles. The molecule has 1 unspecified atom stereocenters. The fourth-order valence-electron chi connectivity index (χ4n) is 6.95. The first kappa shape index (κ1) is 22.8. The molecule has 7 rings (SSSR count). The van der Waals surface area contributed by atoms with Gasteiger partial charge in [-0.3, -0.25) is 4.79 Å². The van der Waals surface area contributed by atoms with Crippen LogP contribution in [0.1, 0.15) is 87.1 Å². The van der Waals surface area contributed by atoms with Crippen molar-refractivity contribution in [1.82, 2.24) is 14.9 Å². The van der Waals surface area contributed by atoms with Crippen molar-refractivity contribution in [2.75, 3.05) is 19.6 Å². The largest absolute Gasteiger partial charge is 0.458 e. The second-order valence-corrected chi connectivity index (χ2v) is 11.3. The maximum atomic E-state index is 12.9. The lowest BCUT2D eigenvalue weighted by Crippen LogP contribution is -2.51. The van der Waals surface area contributed by atoms with Crippen LogP contribution in [0.4, 0.5) is 0 Å². The number of H-pyrrole nitrogens is 1. The van der Waals surface area contributed by atoms with Gasteiger partial charge < -0.3 is 14.6 Å². The van der Waals surface area contributed by atoms with E-state index in [1.54, 1.807) is 0 Å². The Morgan fingerprint density at radius 3 is 2.71 bits per heavy atom. The van der Waals surface area contributed by atoms with Crippen LogP contribution < -0.4 is 0 Å². The number of carbonyl (C=O) groups is 1. The number of esters is 1. The highest BCUT2D eigenvalue weighted by Gasteiger charge is 2.52. The van der Waals surface area contributed by atoms with Crippen LogP contribution in [0.3, 0.4) is 0 Å². The van der Waals surface area contributed by atoms with E-state index in [-0.39, 0.29) is 17.5 Å². The van der Waals surface area contributed by atoms with Gasteiger partial charge in [0.05, 0.1) is 17.0 Å². The Hall–Kier alpha value is -2.66. The van der Waals surface area contributed by atoms with Gasteiger partial charge in [-0.2, -0.15) is 0 Å². The van der Waals surface area contributed by atoms with Gasteiger partial charge in [0.2, 0.25) is 0 Å². The van der Waals surface area contributed by atoms with E-state index >= 15 is 0 Å². The van der Waals surface area contributed by atoms with E-state index in [4.69, 9.17) is 9.72 Å². The van der Waals surface area contributed by atoms with Crippen molar-refractivity contribution in [3.05, 3.63) is 65.5 Å². The summed E-state index contributed by atoms with van der Waals surface area (Å²) in [5.74, 6) is 2.20. The third kappa shape index (κ3) is 4.18. The van der Waals surface area contributed by atoms with Crippen LogP contribution in [0, 0.1) is 5.92 Å². The number of piperidine rings is 1. The lowest BCUT2D eigenvalue weighted by molar-refractivity contribution is -0.174. The van der Waals surface area contributed by atoms with E-state index in [2.05, 4.69) is 52.3 Å². The summed E-state index contributed by atoms with van der Waals surface area (Å²) >= 11 is 0. The van der Waals surface area contributed by atoms with Crippen LogP contribution in [-0.2, 0) is 9.53 Å². The normalized spacial score (nSPS) is 28.4. The van der Waals surface area contributed by atoms with Crippen LogP contribution in [0.2, 0.25) is 0 Å². The molecule has 5 nitrogen and oxygen atoms in total. The number of aromatic nitrogens is 2. The topological polar surface area (TPSA) is 58.2 Å². The molecule has 0 radical (unpaired) electrons. The molecule has 5 heteroatoms. The summed E-state index contributed by atoms with van der Waals surface area (Å²) in [7, 11) is 0. The summed E-state index contributed by atoms with van der Waals surface area (Å²) in [4.78, 5) is 24.0. The molecule has 1 saturated heterocycles. The highest BCUT2D eigenvalue weighted by atomic mass is 16.6. The number of nitrogens with one attached hydrogen (secondary N) is 1. The fraction of sp³-hybridized carbons (Fsp3) is 0.533. The van der Waals surface area contributed by atoms with E-state index in [9.17, 15) is 4.79 Å². The highest BCUT2D eigenvalue weighted by Crippen LogP contribution is 2.57. The Morgan fingerprint density at radius 1 is 1.09 bits per heavy atom. The SMILES string of the molecule is CC(C)C(=O)O[C@@]1(CCN2CCCC(c3nc4ccccc4[nH]3)C2)C[C@H]2CC[C@@H]1c1ccccc12. The number of fused-ring (bicyclic) bond motifs is 3. The van der Waals surface area contributed by atoms with E-state index in [1.807, 2.05) is 19.9 Å². The smallest absolute Gasteiger partial charge is 0.308 e. The standard InChI is InChI=1S/C30H37N3O2/c1-20(2)29(34)35-30(18-21-13-14-25(30)24-10-4-3-9-23(21)24)15-17-33-16-7-8-22(19-33)28-31-26-11-5-6-12-27(26)32-28/h3-6,9-12,20-22,25H,7-8,13-19H2,1-2H3,(H,31,32)/t21-,22?,25-,30+/m1/s1. The predicted molar refractivity (Wildman–Crippen MR) is 139 cm³/mol. The van der Waals surface area contributed by atoms with Gasteiger partial charge in [0.25, 0.3) is 0 Å². The maximum absolute atomic E-state index is 12.9. The third-order valence-corrected chi connectivity index (χ3v) is 8.77. The Balaban J connectivity index is 1.21. The Labute approximate surface area is 208 Å². The number of likely N-dealkylation sites (tertiary alicyclic amines) is 1. The van der Waals surface area contributed by atoms with Gasteiger partial charge in [0, 0.05) is 31.3 Å². The van der Waals surface area contributed by atoms with Gasteiger partial charge in [-0.25, -0.2) is 4.98 Å². The van der Waals surface area contributed by atoms with Gasteiger partial charge in [0.1, 0.15) is 11.4 Å². The number of benzene rings is 2. The molecule has 4 atom stereocenters. The molecule has 184 valence electrons. The van der Waals surface area contributed by atoms with Gasteiger partial charge in [-0.1, -0.05) is 50.2 Å². The number of imidazole rings is 1. The zero-order chi connectivity index (χ0) is 24.0. The summed E-state index contributed by atoms with van der Waals surface area (Å²) in [6, 6.07) is 17.2. The number of ether oxygens (including phenoxy) is 1. The molecule has 1 aliphatic heterocycles. The lowest BCUT2D eigenvalue weighted by Gasteiger charge is -2.52. The van der Waals surface area contributed by atoms with Gasteiger partial charge in [0.15, 0.2) is 0 Å². The first-order valence-electron chi connectivity index (χ1n) is 13.5. The number of carbonyl (C=O) groups excluding carboxylic acids is 1. The average Bonchev–Trinajstić information content (AvgIpc) is 3.33. The summed E-state index contributed by atoms with van der Waals surface area (Å²) in [5.41, 5.74) is 4.70. The van der Waals surface area contributed by atoms with Crippen molar-refractivity contribution >= 4 is 17.0 Å². The number of hydrogen-bond acceptors (Lipinski definition) is 4. The van der Waals surface area contributed by atoms with Gasteiger partial charge in [-0.15, -0.1) is 0 Å². The van der Waals surface area contributed by atoms with Crippen LogP contribution in [0.5, 0.6) is 0 Å². The minimum absolute atomic E-state index is 0.0474. The lowest BCUT2D eigenvalue weighted by atomic mass is 9.58. The van der Waals surface area contributed by atoms with E-state index < -0.39 is 0 Å². The molecule has 2 heterocycles. The van der Waals surface area contributed by atoms with Crippen LogP contribution in [0.25, 0.3) is 11.0 Å². The number of nitrogens with zero attached hydrogens (tertiary/aromatic N) is 2. The van der Waals surface area contributed by atoms with Crippen molar-refractivity contribution in [3.8, 4) is 0 Å². The molecule has 1 saturated carbocycles. The first-order valence-corrected chi connectivity index (χ1v) is 13.5. The zero-order valence-electron chi connectivity index (χ0n) is 21.0. The summed E-state index contributed by atoms with van der Waals surface area (Å²) < 4.78 is 6.49. The molecule has 1 N–H and O–H groups in total. The number of hydrogen-bond donors (Lipinski definition) is 1. The van der Waals surface area contributed by atoms with Crippen molar-refractivity contribution in [2.45, 2.75) is 75.7 Å². The molecule has 4 aliphatic rings. The molecule has 1 aromatic heterocycles. The number of rotatable bonds is 6. The van der Waals surface area contributed by atoms with Crippen molar-refractivity contribution < 1.29 is 9.53 Å². The van der Waals surface area contributed by atoms with Crippen molar-refractivity contribution in [3.63, 3.8) is 0 Å². The van der Waals surface area contributed by atoms with Crippen LogP contribution in [0.15, 0.2) is 48.5 Å². The first-order chi connectivity index (χ1) is 17.0. The van der Waals surface area contributed by atoms with E-state index in [0.29, 0.717) is 17.8 Å². The summed E-state index contributed by atoms with van der Waals surface area (Å²) in [5, 5.41) is 0. The fourth-order valence-corrected chi connectivity index (χ4v) is 6.95. The summed E-state index contributed by atoms with van der Waals surface area (Å²) in [6.45, 7) is 6.99. The minimum Gasteiger partial charge on any atom is -0.458 e. The Bertz CT molecular complexity index is 1180. The van der Waals surface area contributed by atoms with Crippen LogP contribution >= 0.6 is 0 Å². The monoisotopic (exact) mass is 471 g/mol. The third-order valence-electron chi connectivity index (χ3n) is 8.77. The molecule has 35 heavy (non-hydrogen) atoms. The Kier molecular flexibility index (Phi) is 5.92. The second-order valence-electron chi connectivity index (χ2n) is 11.3. The molecule has 0 amide bonds. The maximum Gasteiger partial charge on any atom is 0.308 e. The molecule has 2 bridgehead atoms. The predicted octanol–water partition coefficient (Wildman–Crippen LogP) is 6.14. The van der Waals surface area contributed by atoms with E-state index in [0.717, 1.165) is 55.8 Å². The molecule has 3 aromatic rings. The van der Waals surface area contributed by atoms with Crippen LogP contribution in [-0.4, -0.2) is 46.1 Å².